The average molecular weight is 349 g/mol. The fourth-order valence-corrected chi connectivity index (χ4v) is 3.16. The molecule has 1 N–H and O–H groups in total. The van der Waals surface area contributed by atoms with E-state index in [1.54, 1.807) is 4.57 Å². The van der Waals surface area contributed by atoms with Crippen molar-refractivity contribution in [2.24, 2.45) is 5.92 Å². The molecule has 1 aliphatic rings. The molecule has 3 rings (SSSR count). The summed E-state index contributed by atoms with van der Waals surface area (Å²) in [5, 5.41) is 8.01. The highest BCUT2D eigenvalue weighted by Gasteiger charge is 2.25. The molecule has 1 amide bonds. The first-order valence-corrected chi connectivity index (χ1v) is 8.65. The van der Waals surface area contributed by atoms with Gasteiger partial charge in [0.15, 0.2) is 0 Å². The van der Waals surface area contributed by atoms with Crippen molar-refractivity contribution in [2.75, 3.05) is 0 Å². The lowest BCUT2D eigenvalue weighted by molar-refractivity contribution is -0.125. The van der Waals surface area contributed by atoms with Gasteiger partial charge in [0.25, 0.3) is 0 Å². The van der Waals surface area contributed by atoms with Crippen molar-refractivity contribution in [1.29, 1.82) is 0 Å². The molecule has 24 heavy (non-hydrogen) atoms. The number of rotatable bonds is 4. The second kappa shape index (κ2) is 7.21. The van der Waals surface area contributed by atoms with E-state index in [1.165, 1.54) is 4.68 Å². The van der Waals surface area contributed by atoms with Crippen LogP contribution in [-0.2, 0) is 30.8 Å². The maximum atomic E-state index is 12.4. The van der Waals surface area contributed by atoms with Gasteiger partial charge < -0.3 is 5.32 Å². The Kier molecular flexibility index (Phi) is 5.04. The summed E-state index contributed by atoms with van der Waals surface area (Å²) < 4.78 is 3.19. The van der Waals surface area contributed by atoms with E-state index in [0.29, 0.717) is 43.9 Å². The van der Waals surface area contributed by atoms with Crippen molar-refractivity contribution in [3.8, 4) is 0 Å². The van der Waals surface area contributed by atoms with Crippen LogP contribution in [0.4, 0.5) is 0 Å². The molecule has 2 heterocycles. The van der Waals surface area contributed by atoms with E-state index < -0.39 is 0 Å². The van der Waals surface area contributed by atoms with Crippen LogP contribution in [-0.4, -0.2) is 20.3 Å². The molecule has 7 heteroatoms. The fraction of sp³-hybridized carbons (Fsp3) is 0.471. The molecule has 1 aromatic heterocycles. The highest BCUT2D eigenvalue weighted by molar-refractivity contribution is 6.30. The molecule has 6 nitrogen and oxygen atoms in total. The van der Waals surface area contributed by atoms with Gasteiger partial charge in [-0.25, -0.2) is 9.48 Å². The Morgan fingerprint density at radius 2 is 2.08 bits per heavy atom. The summed E-state index contributed by atoms with van der Waals surface area (Å²) in [5.74, 6) is 0.731. The van der Waals surface area contributed by atoms with Crippen LogP contribution >= 0.6 is 11.6 Å². The first kappa shape index (κ1) is 16.8. The number of nitrogens with zero attached hydrogens (tertiary/aromatic N) is 3. The van der Waals surface area contributed by atoms with Crippen molar-refractivity contribution in [3.05, 3.63) is 51.2 Å². The molecule has 1 aliphatic heterocycles. The van der Waals surface area contributed by atoms with Crippen molar-refractivity contribution in [1.82, 2.24) is 19.7 Å². The topological polar surface area (TPSA) is 68.9 Å². The van der Waals surface area contributed by atoms with Gasteiger partial charge in [-0.15, -0.1) is 0 Å². The molecule has 0 saturated heterocycles. The Morgan fingerprint density at radius 3 is 2.79 bits per heavy atom. The average Bonchev–Trinajstić information content (AvgIpc) is 2.76. The summed E-state index contributed by atoms with van der Waals surface area (Å²) in [6.07, 6.45) is 2.03. The lowest BCUT2D eigenvalue weighted by Gasteiger charge is -2.14. The normalized spacial score (nSPS) is 17.2. The maximum Gasteiger partial charge on any atom is 0.345 e. The number of amides is 1. The van der Waals surface area contributed by atoms with Crippen LogP contribution in [0.1, 0.15) is 31.2 Å². The van der Waals surface area contributed by atoms with Gasteiger partial charge in [-0.1, -0.05) is 23.7 Å². The van der Waals surface area contributed by atoms with E-state index in [1.807, 2.05) is 31.2 Å². The zero-order chi connectivity index (χ0) is 17.1. The summed E-state index contributed by atoms with van der Waals surface area (Å²) >= 11 is 5.86. The summed E-state index contributed by atoms with van der Waals surface area (Å²) in [5.41, 5.74) is 0.940. The van der Waals surface area contributed by atoms with Crippen LogP contribution in [0, 0.1) is 5.92 Å². The summed E-state index contributed by atoms with van der Waals surface area (Å²) in [4.78, 5) is 24.6. The number of carbonyl (C=O) groups excluding carboxylic acids is 1. The quantitative estimate of drug-likeness (QED) is 0.918. The van der Waals surface area contributed by atoms with Crippen molar-refractivity contribution >= 4 is 17.5 Å². The number of hydrogen-bond acceptors (Lipinski definition) is 3. The lowest BCUT2D eigenvalue weighted by Crippen LogP contribution is -2.31. The molecule has 0 aliphatic carbocycles. The first-order valence-electron chi connectivity index (χ1n) is 8.27. The largest absolute Gasteiger partial charge is 0.352 e. The number of aromatic nitrogens is 3. The molecule has 128 valence electrons. The van der Waals surface area contributed by atoms with Crippen LogP contribution in [0.25, 0.3) is 0 Å². The predicted octanol–water partition coefficient (Wildman–Crippen LogP) is 1.99. The molecule has 0 bridgehead atoms. The number of fused-ring (bicyclic) bond motifs is 1. The van der Waals surface area contributed by atoms with Crippen LogP contribution in [0.5, 0.6) is 0 Å². The summed E-state index contributed by atoms with van der Waals surface area (Å²) in [6.45, 7) is 3.51. The highest BCUT2D eigenvalue weighted by atomic mass is 35.5. The number of nitrogens with one attached hydrogen (secondary N) is 1. The van der Waals surface area contributed by atoms with Gasteiger partial charge in [0.1, 0.15) is 5.82 Å². The number of carbonyl (C=O) groups is 1. The van der Waals surface area contributed by atoms with Gasteiger partial charge in [-0.3, -0.25) is 9.36 Å². The van der Waals surface area contributed by atoms with E-state index >= 15 is 0 Å². The van der Waals surface area contributed by atoms with E-state index in [2.05, 4.69) is 10.4 Å². The minimum absolute atomic E-state index is 0.0338. The van der Waals surface area contributed by atoms with Crippen LogP contribution in [0.15, 0.2) is 29.1 Å². The van der Waals surface area contributed by atoms with Gasteiger partial charge >= 0.3 is 5.69 Å². The van der Waals surface area contributed by atoms with Crippen molar-refractivity contribution in [2.45, 2.75) is 45.8 Å². The predicted molar refractivity (Wildman–Crippen MR) is 91.9 cm³/mol. The summed E-state index contributed by atoms with van der Waals surface area (Å²) in [6, 6.07) is 7.43. The third-order valence-electron chi connectivity index (χ3n) is 4.47. The van der Waals surface area contributed by atoms with Gasteiger partial charge in [-0.2, -0.15) is 5.10 Å². The van der Waals surface area contributed by atoms with E-state index in [0.717, 1.165) is 11.4 Å². The van der Waals surface area contributed by atoms with Gasteiger partial charge in [0.2, 0.25) is 5.91 Å². The number of halogens is 1. The van der Waals surface area contributed by atoms with Gasteiger partial charge in [0.05, 0.1) is 0 Å². The molecule has 0 saturated carbocycles. The Hall–Kier alpha value is -2.08. The molecule has 0 fully saturated rings. The van der Waals surface area contributed by atoms with E-state index in [4.69, 9.17) is 11.6 Å². The SMILES string of the molecule is CCn1nc2n(c1=O)CCC(C(=O)NCc1ccc(Cl)cc1)CC2. The van der Waals surface area contributed by atoms with E-state index in [-0.39, 0.29) is 17.5 Å². The Labute approximate surface area is 145 Å². The maximum absolute atomic E-state index is 12.4. The molecule has 1 atom stereocenters. The molecule has 2 aromatic rings. The molecule has 0 radical (unpaired) electrons. The van der Waals surface area contributed by atoms with Crippen molar-refractivity contribution in [3.63, 3.8) is 0 Å². The van der Waals surface area contributed by atoms with Crippen LogP contribution < -0.4 is 11.0 Å². The first-order chi connectivity index (χ1) is 11.6. The van der Waals surface area contributed by atoms with Crippen LogP contribution in [0.3, 0.4) is 0 Å². The Balaban J connectivity index is 1.59. The van der Waals surface area contributed by atoms with Crippen LogP contribution in [0.2, 0.25) is 5.02 Å². The van der Waals surface area contributed by atoms with Gasteiger partial charge in [-0.05, 0) is 37.5 Å². The highest BCUT2D eigenvalue weighted by Crippen LogP contribution is 2.18. The number of aryl methyl sites for hydroxylation is 2. The summed E-state index contributed by atoms with van der Waals surface area (Å²) in [7, 11) is 0. The molecular formula is C17H21ClN4O2. The third-order valence-corrected chi connectivity index (χ3v) is 4.72. The lowest BCUT2D eigenvalue weighted by atomic mass is 9.99. The standard InChI is InChI=1S/C17H21ClN4O2/c1-2-22-17(24)21-10-9-13(5-8-15(21)20-22)16(23)19-11-12-3-6-14(18)7-4-12/h3-4,6-7,13H,2,5,8-11H2,1H3,(H,19,23). The Bertz CT molecular complexity index is 779. The number of benzene rings is 1. The molecule has 1 aromatic carbocycles. The van der Waals surface area contributed by atoms with Crippen molar-refractivity contribution < 1.29 is 4.79 Å². The Morgan fingerprint density at radius 1 is 1.33 bits per heavy atom. The third kappa shape index (κ3) is 3.53. The number of hydrogen-bond donors (Lipinski definition) is 1. The second-order valence-electron chi connectivity index (χ2n) is 6.03. The molecule has 1 unspecified atom stereocenters. The monoisotopic (exact) mass is 348 g/mol. The molecule has 0 spiro atoms. The minimum Gasteiger partial charge on any atom is -0.352 e. The fourth-order valence-electron chi connectivity index (χ4n) is 3.03. The van der Waals surface area contributed by atoms with Gasteiger partial charge in [0, 0.05) is 37.0 Å². The molecular weight excluding hydrogens is 328 g/mol. The minimum atomic E-state index is -0.0894. The smallest absolute Gasteiger partial charge is 0.345 e. The zero-order valence-electron chi connectivity index (χ0n) is 13.7. The second-order valence-corrected chi connectivity index (χ2v) is 6.47. The zero-order valence-corrected chi connectivity index (χ0v) is 14.4. The van der Waals surface area contributed by atoms with E-state index in [9.17, 15) is 9.59 Å².